The number of rotatable bonds is 5. The summed E-state index contributed by atoms with van der Waals surface area (Å²) in [4.78, 5) is 14.6. The number of hydrogen-bond donors (Lipinski definition) is 1. The van der Waals surface area contributed by atoms with Crippen molar-refractivity contribution in [3.63, 3.8) is 0 Å². The Labute approximate surface area is 119 Å². The van der Waals surface area contributed by atoms with Crippen LogP contribution in [0.4, 0.5) is 5.69 Å². The monoisotopic (exact) mass is 297 g/mol. The number of nitro groups is 1. The molecule has 0 aliphatic rings. The highest BCUT2D eigenvalue weighted by atomic mass is 35.5. The average molecular weight is 298 g/mol. The molecule has 0 aliphatic heterocycles. The highest BCUT2D eigenvalue weighted by molar-refractivity contribution is 7.15. The molecule has 2 rings (SSSR count). The number of thiazole rings is 1. The molecule has 0 atom stereocenters. The van der Waals surface area contributed by atoms with Crippen molar-refractivity contribution in [3.8, 4) is 0 Å². The van der Waals surface area contributed by atoms with Crippen molar-refractivity contribution in [3.05, 3.63) is 55.0 Å². The van der Waals surface area contributed by atoms with Gasteiger partial charge in [0.2, 0.25) is 0 Å². The summed E-state index contributed by atoms with van der Waals surface area (Å²) in [5, 5.41) is 14.9. The zero-order valence-corrected chi connectivity index (χ0v) is 11.8. The quantitative estimate of drug-likeness (QED) is 0.679. The van der Waals surface area contributed by atoms with E-state index in [0.717, 1.165) is 10.6 Å². The molecule has 0 saturated carbocycles. The van der Waals surface area contributed by atoms with E-state index < -0.39 is 0 Å². The van der Waals surface area contributed by atoms with Crippen LogP contribution in [0.5, 0.6) is 0 Å². The second-order valence-corrected chi connectivity index (χ2v) is 5.73. The summed E-state index contributed by atoms with van der Waals surface area (Å²) < 4.78 is 0.656. The lowest BCUT2D eigenvalue weighted by Gasteiger charge is -2.06. The van der Waals surface area contributed by atoms with Crippen molar-refractivity contribution in [2.24, 2.45) is 0 Å². The summed E-state index contributed by atoms with van der Waals surface area (Å²) in [6.07, 6.45) is 1.61. The fraction of sp³-hybridized carbons (Fsp3) is 0.250. The number of halogens is 1. The maximum Gasteiger partial charge on any atom is 0.272 e. The standard InChI is InChI=1S/C12H12ClN3O2S/c1-8-9(3-2-4-10(8)16(17)18)5-14-7-12-15-6-11(13)19-12/h2-4,6,14H,5,7H2,1H3. The number of nitro benzene ring substituents is 1. The van der Waals surface area contributed by atoms with Gasteiger partial charge in [-0.15, -0.1) is 11.3 Å². The van der Waals surface area contributed by atoms with Gasteiger partial charge >= 0.3 is 0 Å². The lowest BCUT2D eigenvalue weighted by Crippen LogP contribution is -2.13. The molecule has 1 aromatic heterocycles. The second-order valence-electron chi connectivity index (χ2n) is 3.98. The van der Waals surface area contributed by atoms with Crippen LogP contribution in [-0.4, -0.2) is 9.91 Å². The van der Waals surface area contributed by atoms with Gasteiger partial charge in [0.1, 0.15) is 9.34 Å². The molecule has 0 bridgehead atoms. The third kappa shape index (κ3) is 3.50. The molecule has 100 valence electrons. The first-order valence-corrected chi connectivity index (χ1v) is 6.81. The van der Waals surface area contributed by atoms with Crippen LogP contribution in [0.25, 0.3) is 0 Å². The minimum Gasteiger partial charge on any atom is -0.306 e. The first kappa shape index (κ1) is 13.9. The van der Waals surface area contributed by atoms with Gasteiger partial charge in [0.25, 0.3) is 5.69 Å². The Bertz CT molecular complexity index is 600. The number of aromatic nitrogens is 1. The summed E-state index contributed by atoms with van der Waals surface area (Å²) in [6, 6.07) is 5.09. The van der Waals surface area contributed by atoms with E-state index in [9.17, 15) is 10.1 Å². The van der Waals surface area contributed by atoms with E-state index in [4.69, 9.17) is 11.6 Å². The van der Waals surface area contributed by atoms with Gasteiger partial charge < -0.3 is 5.32 Å². The smallest absolute Gasteiger partial charge is 0.272 e. The molecule has 2 aromatic rings. The third-order valence-electron chi connectivity index (χ3n) is 2.73. The van der Waals surface area contributed by atoms with Crippen LogP contribution in [0.3, 0.4) is 0 Å². The van der Waals surface area contributed by atoms with Crippen molar-refractivity contribution in [2.75, 3.05) is 0 Å². The Morgan fingerprint density at radius 3 is 2.89 bits per heavy atom. The summed E-state index contributed by atoms with van der Waals surface area (Å²) in [5.74, 6) is 0. The van der Waals surface area contributed by atoms with E-state index in [0.29, 0.717) is 23.0 Å². The van der Waals surface area contributed by atoms with Crippen LogP contribution in [0, 0.1) is 17.0 Å². The molecule has 1 N–H and O–H groups in total. The van der Waals surface area contributed by atoms with E-state index in [2.05, 4.69) is 10.3 Å². The van der Waals surface area contributed by atoms with E-state index in [-0.39, 0.29) is 10.6 Å². The van der Waals surface area contributed by atoms with Crippen LogP contribution in [-0.2, 0) is 13.1 Å². The van der Waals surface area contributed by atoms with Crippen LogP contribution < -0.4 is 5.32 Å². The molecule has 1 aromatic carbocycles. The topological polar surface area (TPSA) is 68.1 Å². The van der Waals surface area contributed by atoms with Crippen LogP contribution in [0.2, 0.25) is 4.34 Å². The average Bonchev–Trinajstić information content (AvgIpc) is 2.77. The van der Waals surface area contributed by atoms with Gasteiger partial charge in [-0.1, -0.05) is 23.7 Å². The highest BCUT2D eigenvalue weighted by Gasteiger charge is 2.12. The van der Waals surface area contributed by atoms with Gasteiger partial charge in [-0.05, 0) is 12.5 Å². The second kappa shape index (κ2) is 6.10. The lowest BCUT2D eigenvalue weighted by molar-refractivity contribution is -0.385. The van der Waals surface area contributed by atoms with Crippen molar-refractivity contribution >= 4 is 28.6 Å². The molecule has 19 heavy (non-hydrogen) atoms. The molecule has 0 amide bonds. The molecule has 0 aliphatic carbocycles. The first-order valence-electron chi connectivity index (χ1n) is 5.61. The minimum absolute atomic E-state index is 0.150. The number of benzene rings is 1. The van der Waals surface area contributed by atoms with Crippen LogP contribution in [0.15, 0.2) is 24.4 Å². The SMILES string of the molecule is Cc1c(CNCc2ncc(Cl)s2)cccc1[N+](=O)[O-]. The zero-order chi connectivity index (χ0) is 13.8. The van der Waals surface area contributed by atoms with E-state index in [1.165, 1.54) is 17.4 Å². The predicted octanol–water partition coefficient (Wildman–Crippen LogP) is 3.30. The minimum atomic E-state index is -0.362. The summed E-state index contributed by atoms with van der Waals surface area (Å²) in [7, 11) is 0. The number of nitrogens with zero attached hydrogens (tertiary/aromatic N) is 2. The number of nitrogens with one attached hydrogen (secondary N) is 1. The Morgan fingerprint density at radius 2 is 2.26 bits per heavy atom. The molecule has 0 unspecified atom stereocenters. The Balaban J connectivity index is 2.00. The van der Waals surface area contributed by atoms with E-state index >= 15 is 0 Å². The van der Waals surface area contributed by atoms with Crippen molar-refractivity contribution in [2.45, 2.75) is 20.0 Å². The Hall–Kier alpha value is -1.50. The van der Waals surface area contributed by atoms with Gasteiger partial charge in [-0.3, -0.25) is 10.1 Å². The molecule has 0 saturated heterocycles. The van der Waals surface area contributed by atoms with Gasteiger partial charge in [-0.2, -0.15) is 0 Å². The normalized spacial score (nSPS) is 10.6. The molecule has 0 fully saturated rings. The lowest BCUT2D eigenvalue weighted by atomic mass is 10.1. The maximum absolute atomic E-state index is 10.8. The third-order valence-corrected chi connectivity index (χ3v) is 3.85. The molecular formula is C12H12ClN3O2S. The molecule has 5 nitrogen and oxygen atoms in total. The molecule has 1 heterocycles. The Kier molecular flexibility index (Phi) is 4.47. The molecule has 0 radical (unpaired) electrons. The molecular weight excluding hydrogens is 286 g/mol. The van der Waals surface area contributed by atoms with Gasteiger partial charge in [0.05, 0.1) is 11.1 Å². The van der Waals surface area contributed by atoms with Gasteiger partial charge in [0, 0.05) is 24.7 Å². The largest absolute Gasteiger partial charge is 0.306 e. The van der Waals surface area contributed by atoms with Crippen molar-refractivity contribution in [1.29, 1.82) is 0 Å². The maximum atomic E-state index is 10.8. The fourth-order valence-electron chi connectivity index (χ4n) is 1.73. The van der Waals surface area contributed by atoms with Crippen molar-refractivity contribution < 1.29 is 4.92 Å². The van der Waals surface area contributed by atoms with Crippen LogP contribution in [0.1, 0.15) is 16.1 Å². The zero-order valence-electron chi connectivity index (χ0n) is 10.2. The number of hydrogen-bond acceptors (Lipinski definition) is 5. The predicted molar refractivity (Wildman–Crippen MR) is 75.5 cm³/mol. The van der Waals surface area contributed by atoms with Gasteiger partial charge in [0.15, 0.2) is 0 Å². The molecule has 0 spiro atoms. The van der Waals surface area contributed by atoms with Gasteiger partial charge in [-0.25, -0.2) is 4.98 Å². The van der Waals surface area contributed by atoms with Crippen LogP contribution >= 0.6 is 22.9 Å². The Morgan fingerprint density at radius 1 is 1.47 bits per heavy atom. The molecule has 7 heteroatoms. The van der Waals surface area contributed by atoms with E-state index in [1.54, 1.807) is 19.2 Å². The van der Waals surface area contributed by atoms with E-state index in [1.807, 2.05) is 6.07 Å². The summed E-state index contributed by atoms with van der Waals surface area (Å²) >= 11 is 7.21. The summed E-state index contributed by atoms with van der Waals surface area (Å²) in [6.45, 7) is 2.92. The highest BCUT2D eigenvalue weighted by Crippen LogP contribution is 2.21. The van der Waals surface area contributed by atoms with Crippen molar-refractivity contribution in [1.82, 2.24) is 10.3 Å². The fourth-order valence-corrected chi connectivity index (χ4v) is 2.66. The summed E-state index contributed by atoms with van der Waals surface area (Å²) in [5.41, 5.74) is 1.76. The first-order chi connectivity index (χ1) is 9.08.